The van der Waals surface area contributed by atoms with Crippen molar-refractivity contribution in [2.24, 2.45) is 11.7 Å². The van der Waals surface area contributed by atoms with Gasteiger partial charge in [0.15, 0.2) is 0 Å². The monoisotopic (exact) mass is 523 g/mol. The van der Waals surface area contributed by atoms with E-state index in [4.69, 9.17) is 5.73 Å². The van der Waals surface area contributed by atoms with Crippen LogP contribution in [-0.4, -0.2) is 57.2 Å². The van der Waals surface area contributed by atoms with Crippen LogP contribution in [0.15, 0.2) is 30.5 Å². The normalized spacial score (nSPS) is 22.1. The average molecular weight is 524 g/mol. The number of hydrogen-bond donors (Lipinski definition) is 3. The lowest BCUT2D eigenvalue weighted by Crippen LogP contribution is -2.59. The summed E-state index contributed by atoms with van der Waals surface area (Å²) in [5, 5.41) is 17.3. The first-order valence-corrected chi connectivity index (χ1v) is 12.0. The minimum absolute atomic E-state index is 0.0221. The molecule has 2 aromatic rings. The van der Waals surface area contributed by atoms with Crippen LogP contribution in [0.2, 0.25) is 0 Å². The molecule has 4 rings (SSSR count). The number of anilines is 2. The Bertz CT molecular complexity index is 1130. The Kier molecular flexibility index (Phi) is 7.95. The number of nitrogens with one attached hydrogen (secondary N) is 2. The molecule has 2 heterocycles. The predicted octanol–water partition coefficient (Wildman–Crippen LogP) is 3.43. The number of nitro groups is 1. The second kappa shape index (κ2) is 11.2. The summed E-state index contributed by atoms with van der Waals surface area (Å²) < 4.78 is 42.0. The van der Waals surface area contributed by atoms with Crippen molar-refractivity contribution in [1.82, 2.24) is 14.9 Å². The van der Waals surface area contributed by atoms with Crippen LogP contribution in [0.1, 0.15) is 37.7 Å². The summed E-state index contributed by atoms with van der Waals surface area (Å²) in [7, 11) is 0. The smallest absolute Gasteiger partial charge is 0.405 e. The number of carbonyl (C=O) groups is 1. The van der Waals surface area contributed by atoms with Crippen LogP contribution in [-0.2, 0) is 11.3 Å². The van der Waals surface area contributed by atoms with Gasteiger partial charge in [0.05, 0.1) is 11.0 Å². The molecule has 2 fully saturated rings. The number of benzene rings is 1. The standard InChI is InChI=1S/C23H28F3N7O4/c24-23(25,26)37-19-4-2-1-3-15(19)12-29-22-30-13-18(33(35)36)21(31-22)28-11-14-5-7-16(8-6-14)32-10-9-17(32)20(27)34/h1-4,13-14,16-17H,5-12H2,(H2,27,34)(H2,28,29,30,31). The number of para-hydroxylation sites is 1. The van der Waals surface area contributed by atoms with E-state index in [0.717, 1.165) is 44.8 Å². The minimum atomic E-state index is -4.84. The summed E-state index contributed by atoms with van der Waals surface area (Å²) in [5.74, 6) is -0.331. The number of nitrogens with two attached hydrogens (primary N) is 1. The van der Waals surface area contributed by atoms with Gasteiger partial charge in [-0.05, 0) is 44.1 Å². The molecular weight excluding hydrogens is 495 g/mol. The Labute approximate surface area is 210 Å². The van der Waals surface area contributed by atoms with E-state index in [0.29, 0.717) is 12.6 Å². The molecule has 1 aliphatic heterocycles. The third kappa shape index (κ3) is 6.76. The zero-order valence-electron chi connectivity index (χ0n) is 19.9. The van der Waals surface area contributed by atoms with Gasteiger partial charge in [0.25, 0.3) is 0 Å². The maximum Gasteiger partial charge on any atom is 0.573 e. The molecule has 1 atom stereocenters. The van der Waals surface area contributed by atoms with Crippen LogP contribution < -0.4 is 21.1 Å². The van der Waals surface area contributed by atoms with Gasteiger partial charge in [-0.3, -0.25) is 19.8 Å². The third-order valence-electron chi connectivity index (χ3n) is 6.83. The third-order valence-corrected chi connectivity index (χ3v) is 6.83. The van der Waals surface area contributed by atoms with E-state index < -0.39 is 11.3 Å². The van der Waals surface area contributed by atoms with Crippen LogP contribution in [0.3, 0.4) is 0 Å². The molecule has 0 spiro atoms. The fourth-order valence-electron chi connectivity index (χ4n) is 4.84. The van der Waals surface area contributed by atoms with E-state index in [1.807, 2.05) is 0 Å². The van der Waals surface area contributed by atoms with Crippen LogP contribution in [0.25, 0.3) is 0 Å². The number of primary amides is 1. The number of halogens is 3. The van der Waals surface area contributed by atoms with E-state index in [1.165, 1.54) is 18.2 Å². The van der Waals surface area contributed by atoms with Crippen molar-refractivity contribution in [2.75, 3.05) is 23.7 Å². The molecule has 4 N–H and O–H groups in total. The molecule has 0 bridgehead atoms. The van der Waals surface area contributed by atoms with Crippen molar-refractivity contribution < 1.29 is 27.6 Å². The molecule has 1 aromatic carbocycles. The first kappa shape index (κ1) is 26.4. The maximum absolute atomic E-state index is 12.7. The summed E-state index contributed by atoms with van der Waals surface area (Å²) in [6, 6.07) is 5.77. The van der Waals surface area contributed by atoms with Crippen molar-refractivity contribution in [3.63, 3.8) is 0 Å². The lowest BCUT2D eigenvalue weighted by atomic mass is 9.83. The molecule has 1 unspecified atom stereocenters. The summed E-state index contributed by atoms with van der Waals surface area (Å²) in [6.45, 7) is 1.25. The Morgan fingerprint density at radius 1 is 1.19 bits per heavy atom. The lowest BCUT2D eigenvalue weighted by Gasteiger charge is -2.46. The molecule has 37 heavy (non-hydrogen) atoms. The first-order valence-electron chi connectivity index (χ1n) is 12.0. The SMILES string of the molecule is NC(=O)C1CCN1C1CCC(CNc2nc(NCc3ccccc3OC(F)(F)F)ncc2[N+](=O)[O-])CC1. The second-order valence-electron chi connectivity index (χ2n) is 9.19. The van der Waals surface area contributed by atoms with E-state index in [-0.39, 0.29) is 53.2 Å². The highest BCUT2D eigenvalue weighted by Gasteiger charge is 2.39. The second-order valence-corrected chi connectivity index (χ2v) is 9.19. The van der Waals surface area contributed by atoms with Gasteiger partial charge in [-0.1, -0.05) is 18.2 Å². The number of ether oxygens (including phenoxy) is 1. The lowest BCUT2D eigenvalue weighted by molar-refractivity contribution is -0.384. The zero-order chi connectivity index (χ0) is 26.6. The van der Waals surface area contributed by atoms with E-state index in [1.54, 1.807) is 6.07 Å². The molecule has 1 saturated heterocycles. The van der Waals surface area contributed by atoms with Gasteiger partial charge in [0, 0.05) is 31.2 Å². The van der Waals surface area contributed by atoms with E-state index in [2.05, 4.69) is 30.2 Å². The van der Waals surface area contributed by atoms with Crippen LogP contribution in [0.4, 0.5) is 30.6 Å². The van der Waals surface area contributed by atoms with Gasteiger partial charge in [-0.25, -0.2) is 4.98 Å². The van der Waals surface area contributed by atoms with Gasteiger partial charge in [0.2, 0.25) is 17.7 Å². The fraction of sp³-hybridized carbons (Fsp3) is 0.522. The quantitative estimate of drug-likeness (QED) is 0.315. The number of likely N-dealkylation sites (tertiary alicyclic amines) is 1. The summed E-state index contributed by atoms with van der Waals surface area (Å²) >= 11 is 0. The number of rotatable bonds is 10. The van der Waals surface area contributed by atoms with Crippen molar-refractivity contribution in [3.8, 4) is 5.75 Å². The molecular formula is C23H28F3N7O4. The van der Waals surface area contributed by atoms with Crippen molar-refractivity contribution in [2.45, 2.75) is 57.1 Å². The number of carbonyl (C=O) groups excluding carboxylic acids is 1. The van der Waals surface area contributed by atoms with Gasteiger partial charge in [-0.2, -0.15) is 4.98 Å². The fourth-order valence-corrected chi connectivity index (χ4v) is 4.84. The molecule has 14 heteroatoms. The Hall–Kier alpha value is -3.68. The summed E-state index contributed by atoms with van der Waals surface area (Å²) in [5.41, 5.74) is 5.37. The largest absolute Gasteiger partial charge is 0.573 e. The molecule has 0 radical (unpaired) electrons. The van der Waals surface area contributed by atoms with Crippen LogP contribution >= 0.6 is 0 Å². The molecule has 2 aliphatic rings. The topological polar surface area (TPSA) is 149 Å². The zero-order valence-corrected chi connectivity index (χ0v) is 19.9. The predicted molar refractivity (Wildman–Crippen MR) is 128 cm³/mol. The van der Waals surface area contributed by atoms with Crippen LogP contribution in [0.5, 0.6) is 5.75 Å². The molecule has 1 aliphatic carbocycles. The molecule has 200 valence electrons. The van der Waals surface area contributed by atoms with Crippen molar-refractivity contribution >= 4 is 23.4 Å². The number of alkyl halides is 3. The van der Waals surface area contributed by atoms with E-state index in [9.17, 15) is 28.1 Å². The molecule has 1 saturated carbocycles. The van der Waals surface area contributed by atoms with Crippen molar-refractivity contribution in [3.05, 3.63) is 46.1 Å². The highest BCUT2D eigenvalue weighted by molar-refractivity contribution is 5.80. The summed E-state index contributed by atoms with van der Waals surface area (Å²) in [6.07, 6.45) is 0.614. The number of hydrogen-bond acceptors (Lipinski definition) is 9. The Balaban J connectivity index is 1.35. The van der Waals surface area contributed by atoms with Crippen LogP contribution in [0, 0.1) is 16.0 Å². The maximum atomic E-state index is 12.7. The molecule has 11 nitrogen and oxygen atoms in total. The van der Waals surface area contributed by atoms with Crippen molar-refractivity contribution in [1.29, 1.82) is 0 Å². The Morgan fingerprint density at radius 3 is 2.54 bits per heavy atom. The van der Waals surface area contributed by atoms with Gasteiger partial charge >= 0.3 is 12.0 Å². The highest BCUT2D eigenvalue weighted by Crippen LogP contribution is 2.33. The van der Waals surface area contributed by atoms with Gasteiger partial charge < -0.3 is 21.1 Å². The average Bonchev–Trinajstić information content (AvgIpc) is 2.81. The molecule has 1 aromatic heterocycles. The Morgan fingerprint density at radius 2 is 1.92 bits per heavy atom. The first-order chi connectivity index (χ1) is 17.6. The van der Waals surface area contributed by atoms with Gasteiger partial charge in [0.1, 0.15) is 11.9 Å². The van der Waals surface area contributed by atoms with E-state index >= 15 is 0 Å². The number of aromatic nitrogens is 2. The minimum Gasteiger partial charge on any atom is -0.405 e. The number of amides is 1. The number of nitrogens with zero attached hydrogens (tertiary/aromatic N) is 4. The molecule has 1 amide bonds. The summed E-state index contributed by atoms with van der Waals surface area (Å²) in [4.78, 5) is 32.7. The highest BCUT2D eigenvalue weighted by atomic mass is 19.4. The van der Waals surface area contributed by atoms with Gasteiger partial charge in [-0.15, -0.1) is 13.2 Å².